The van der Waals surface area contributed by atoms with Crippen molar-refractivity contribution in [2.45, 2.75) is 26.0 Å². The smallest absolute Gasteiger partial charge is 0.261 e. The summed E-state index contributed by atoms with van der Waals surface area (Å²) < 4.78 is 5.12. The molecule has 0 saturated heterocycles. The average molecular weight is 363 g/mol. The minimum absolute atomic E-state index is 0.00264. The first-order chi connectivity index (χ1) is 12.7. The van der Waals surface area contributed by atoms with Gasteiger partial charge in [-0.25, -0.2) is 0 Å². The zero-order valence-electron chi connectivity index (χ0n) is 14.7. The molecule has 0 bridgehead atoms. The van der Waals surface area contributed by atoms with Gasteiger partial charge in [0.25, 0.3) is 5.91 Å². The van der Waals surface area contributed by atoms with Crippen molar-refractivity contribution < 1.29 is 9.53 Å². The Kier molecular flexibility index (Phi) is 4.87. The zero-order chi connectivity index (χ0) is 17.9. The van der Waals surface area contributed by atoms with Gasteiger partial charge < -0.3 is 10.1 Å². The number of hydrogen-bond acceptors (Lipinski definition) is 3. The lowest BCUT2D eigenvalue weighted by atomic mass is 9.91. The van der Waals surface area contributed by atoms with Gasteiger partial charge in [0.05, 0.1) is 11.5 Å². The number of hydrogen-bond donors (Lipinski definition) is 1. The second kappa shape index (κ2) is 7.44. The van der Waals surface area contributed by atoms with Gasteiger partial charge in [0.1, 0.15) is 0 Å². The third kappa shape index (κ3) is 3.43. The Morgan fingerprint density at radius 1 is 1.04 bits per heavy atom. The fourth-order valence-electron chi connectivity index (χ4n) is 3.37. The van der Waals surface area contributed by atoms with E-state index in [4.69, 9.17) is 4.74 Å². The Labute approximate surface area is 157 Å². The number of thiophene rings is 1. The fourth-order valence-corrected chi connectivity index (χ4v) is 4.56. The van der Waals surface area contributed by atoms with Crippen molar-refractivity contribution in [3.63, 3.8) is 0 Å². The molecule has 0 unspecified atom stereocenters. The quantitative estimate of drug-likeness (QED) is 0.720. The van der Waals surface area contributed by atoms with Crippen molar-refractivity contribution >= 4 is 17.2 Å². The number of methoxy groups -OCH3 is 1. The summed E-state index contributed by atoms with van der Waals surface area (Å²) in [5.41, 5.74) is 6.18. The Morgan fingerprint density at radius 2 is 1.77 bits per heavy atom. The van der Waals surface area contributed by atoms with E-state index in [0.717, 1.165) is 28.8 Å². The normalized spacial score (nSPS) is 12.3. The number of benzene rings is 2. The predicted molar refractivity (Wildman–Crippen MR) is 105 cm³/mol. The topological polar surface area (TPSA) is 38.3 Å². The van der Waals surface area contributed by atoms with E-state index in [9.17, 15) is 4.79 Å². The van der Waals surface area contributed by atoms with E-state index >= 15 is 0 Å². The van der Waals surface area contributed by atoms with E-state index in [1.807, 2.05) is 24.3 Å². The minimum Gasteiger partial charge on any atom is -0.380 e. The molecule has 4 rings (SSSR count). The summed E-state index contributed by atoms with van der Waals surface area (Å²) in [7, 11) is 1.69. The van der Waals surface area contributed by atoms with Crippen LogP contribution in [0.4, 0.5) is 0 Å². The SMILES string of the molecule is COCc1ccc(CNC(=O)c2cc3c(s2)-c2ccccc2CC3)cc1. The molecule has 0 fully saturated rings. The number of carbonyl (C=O) groups excluding carboxylic acids is 1. The molecule has 1 aliphatic carbocycles. The van der Waals surface area contributed by atoms with Gasteiger partial charge in [-0.2, -0.15) is 0 Å². The van der Waals surface area contributed by atoms with Crippen LogP contribution in [-0.4, -0.2) is 13.0 Å². The minimum atomic E-state index is 0.00264. The van der Waals surface area contributed by atoms with Gasteiger partial charge >= 0.3 is 0 Å². The second-order valence-electron chi connectivity index (χ2n) is 6.55. The van der Waals surface area contributed by atoms with Crippen molar-refractivity contribution in [1.29, 1.82) is 0 Å². The molecule has 1 heterocycles. The third-order valence-electron chi connectivity index (χ3n) is 4.75. The molecule has 0 saturated carbocycles. The maximum atomic E-state index is 12.6. The van der Waals surface area contributed by atoms with Crippen molar-refractivity contribution in [2.75, 3.05) is 7.11 Å². The summed E-state index contributed by atoms with van der Waals surface area (Å²) in [6.45, 7) is 1.14. The molecule has 0 spiro atoms. The van der Waals surface area contributed by atoms with Crippen LogP contribution in [0.25, 0.3) is 10.4 Å². The summed E-state index contributed by atoms with van der Waals surface area (Å²) in [6.07, 6.45) is 2.06. The van der Waals surface area contributed by atoms with Crippen LogP contribution in [0.3, 0.4) is 0 Å². The van der Waals surface area contributed by atoms with E-state index in [-0.39, 0.29) is 5.91 Å². The zero-order valence-corrected chi connectivity index (χ0v) is 15.6. The highest BCUT2D eigenvalue weighted by Crippen LogP contribution is 2.39. The molecular formula is C22H21NO2S. The number of carbonyl (C=O) groups is 1. The second-order valence-corrected chi connectivity index (χ2v) is 7.61. The number of amides is 1. The van der Waals surface area contributed by atoms with Crippen molar-refractivity contribution in [3.05, 3.63) is 81.7 Å². The van der Waals surface area contributed by atoms with Gasteiger partial charge in [0, 0.05) is 18.5 Å². The van der Waals surface area contributed by atoms with E-state index in [1.54, 1.807) is 18.4 Å². The lowest BCUT2D eigenvalue weighted by Gasteiger charge is -2.15. The van der Waals surface area contributed by atoms with E-state index in [2.05, 4.69) is 35.6 Å². The van der Waals surface area contributed by atoms with Crippen LogP contribution < -0.4 is 5.32 Å². The molecule has 1 amide bonds. The monoisotopic (exact) mass is 363 g/mol. The average Bonchev–Trinajstić information content (AvgIpc) is 3.12. The van der Waals surface area contributed by atoms with Gasteiger partial charge in [-0.15, -0.1) is 11.3 Å². The van der Waals surface area contributed by atoms with Crippen LogP contribution in [0.2, 0.25) is 0 Å². The molecule has 0 aliphatic heterocycles. The first kappa shape index (κ1) is 17.0. The largest absolute Gasteiger partial charge is 0.380 e. The Morgan fingerprint density at radius 3 is 2.58 bits per heavy atom. The van der Waals surface area contributed by atoms with E-state index in [1.165, 1.54) is 21.6 Å². The number of aryl methyl sites for hydroxylation is 2. The van der Waals surface area contributed by atoms with Crippen LogP contribution in [0.5, 0.6) is 0 Å². The summed E-state index contributed by atoms with van der Waals surface area (Å²) in [4.78, 5) is 14.6. The molecule has 1 N–H and O–H groups in total. The molecule has 4 heteroatoms. The van der Waals surface area contributed by atoms with Gasteiger partial charge in [-0.1, -0.05) is 48.5 Å². The molecule has 1 aliphatic rings. The first-order valence-electron chi connectivity index (χ1n) is 8.80. The highest BCUT2D eigenvalue weighted by Gasteiger charge is 2.21. The molecule has 2 aromatic carbocycles. The highest BCUT2D eigenvalue weighted by molar-refractivity contribution is 7.17. The lowest BCUT2D eigenvalue weighted by Crippen LogP contribution is -2.21. The van der Waals surface area contributed by atoms with Crippen LogP contribution in [0.15, 0.2) is 54.6 Å². The van der Waals surface area contributed by atoms with Crippen LogP contribution in [0.1, 0.15) is 31.9 Å². The first-order valence-corrected chi connectivity index (χ1v) is 9.62. The number of nitrogens with one attached hydrogen (secondary N) is 1. The number of fused-ring (bicyclic) bond motifs is 3. The van der Waals surface area contributed by atoms with Gasteiger partial charge in [0.2, 0.25) is 0 Å². The molecule has 26 heavy (non-hydrogen) atoms. The molecule has 0 radical (unpaired) electrons. The van der Waals surface area contributed by atoms with Gasteiger partial charge in [-0.05, 0) is 46.7 Å². The summed E-state index contributed by atoms with van der Waals surface area (Å²) in [5, 5.41) is 3.04. The molecule has 0 atom stereocenters. The molecular weight excluding hydrogens is 342 g/mol. The van der Waals surface area contributed by atoms with Gasteiger partial charge in [0.15, 0.2) is 0 Å². The Bertz CT molecular complexity index is 928. The predicted octanol–water partition coefficient (Wildman–Crippen LogP) is 4.59. The van der Waals surface area contributed by atoms with E-state index < -0.39 is 0 Å². The Balaban J connectivity index is 1.46. The summed E-state index contributed by atoms with van der Waals surface area (Å²) >= 11 is 1.60. The van der Waals surface area contributed by atoms with Crippen molar-refractivity contribution in [2.24, 2.45) is 0 Å². The number of rotatable bonds is 5. The highest BCUT2D eigenvalue weighted by atomic mass is 32.1. The maximum absolute atomic E-state index is 12.6. The van der Waals surface area contributed by atoms with E-state index in [0.29, 0.717) is 13.2 Å². The standard InChI is InChI=1S/C22H21NO2S/c1-25-14-16-8-6-15(7-9-16)13-23-22(24)20-12-18-11-10-17-4-2-3-5-19(17)21(18)26-20/h2-9,12H,10-11,13-14H2,1H3,(H,23,24). The summed E-state index contributed by atoms with van der Waals surface area (Å²) in [6, 6.07) is 18.7. The molecule has 3 nitrogen and oxygen atoms in total. The molecule has 3 aromatic rings. The summed E-state index contributed by atoms with van der Waals surface area (Å²) in [5.74, 6) is 0.00264. The fraction of sp³-hybridized carbons (Fsp3) is 0.227. The van der Waals surface area contributed by atoms with Crippen molar-refractivity contribution in [3.8, 4) is 10.4 Å². The van der Waals surface area contributed by atoms with Crippen molar-refractivity contribution in [1.82, 2.24) is 5.32 Å². The Hall–Kier alpha value is -2.43. The molecule has 1 aromatic heterocycles. The van der Waals surface area contributed by atoms with Crippen LogP contribution in [0, 0.1) is 0 Å². The van der Waals surface area contributed by atoms with Crippen LogP contribution >= 0.6 is 11.3 Å². The number of ether oxygens (including phenoxy) is 1. The third-order valence-corrected chi connectivity index (χ3v) is 5.95. The van der Waals surface area contributed by atoms with Crippen LogP contribution in [-0.2, 0) is 30.7 Å². The lowest BCUT2D eigenvalue weighted by molar-refractivity contribution is 0.0955. The maximum Gasteiger partial charge on any atom is 0.261 e. The molecule has 132 valence electrons. The van der Waals surface area contributed by atoms with Gasteiger partial charge in [-0.3, -0.25) is 4.79 Å².